The average molecular weight is 376 g/mol. The Labute approximate surface area is 165 Å². The van der Waals surface area contributed by atoms with Gasteiger partial charge < -0.3 is 0 Å². The van der Waals surface area contributed by atoms with E-state index in [1.54, 1.807) is 0 Å². The maximum absolute atomic E-state index is 12.8. The number of carbonyl (C=O) groups is 1. The summed E-state index contributed by atoms with van der Waals surface area (Å²) in [6.07, 6.45) is 4.47. The highest BCUT2D eigenvalue weighted by molar-refractivity contribution is 7.95. The van der Waals surface area contributed by atoms with Gasteiger partial charge in [0.2, 0.25) is 0 Å². The van der Waals surface area contributed by atoms with Crippen molar-refractivity contribution in [3.05, 3.63) is 89.5 Å². The number of rotatable bonds is 4. The second-order valence-corrected chi connectivity index (χ2v) is 10.1. The molecule has 0 bridgehead atoms. The van der Waals surface area contributed by atoms with E-state index in [1.807, 2.05) is 24.3 Å². The Hall–Kier alpha value is -2.32. The van der Waals surface area contributed by atoms with E-state index in [9.17, 15) is 4.79 Å². The standard InChI is InChI=1S/C25H27OS/c1-25(2,3)21-16-14-20(15-17-21)24(26)19-12-10-18(11-13-19)22-8-6-7-9-23(22)27(4)5/h6-17H,1-5H3/q+1. The van der Waals surface area contributed by atoms with Gasteiger partial charge in [0, 0.05) is 27.6 Å². The normalized spacial score (nSPS) is 11.6. The van der Waals surface area contributed by atoms with Gasteiger partial charge in [-0.2, -0.15) is 0 Å². The van der Waals surface area contributed by atoms with E-state index in [1.165, 1.54) is 16.0 Å². The molecule has 138 valence electrons. The van der Waals surface area contributed by atoms with E-state index in [2.05, 4.69) is 81.8 Å². The molecule has 0 N–H and O–H groups in total. The molecule has 0 amide bonds. The number of ketones is 1. The maximum atomic E-state index is 12.8. The topological polar surface area (TPSA) is 17.1 Å². The van der Waals surface area contributed by atoms with E-state index in [4.69, 9.17) is 0 Å². The summed E-state index contributed by atoms with van der Waals surface area (Å²) in [5.41, 5.74) is 5.20. The third kappa shape index (κ3) is 4.33. The zero-order valence-corrected chi connectivity index (χ0v) is 17.6. The minimum Gasteiger partial charge on any atom is -0.289 e. The first kappa shape index (κ1) is 19.4. The molecule has 0 heterocycles. The van der Waals surface area contributed by atoms with Crippen LogP contribution >= 0.6 is 0 Å². The molecule has 3 rings (SSSR count). The Bertz CT molecular complexity index is 929. The molecule has 0 atom stereocenters. The molecule has 0 unspecified atom stereocenters. The van der Waals surface area contributed by atoms with Crippen LogP contribution in [0.2, 0.25) is 0 Å². The summed E-state index contributed by atoms with van der Waals surface area (Å²) in [7, 11) is 0.188. The molecule has 3 aromatic carbocycles. The first-order valence-corrected chi connectivity index (χ1v) is 11.2. The van der Waals surface area contributed by atoms with Crippen LogP contribution in [0.4, 0.5) is 0 Å². The van der Waals surface area contributed by atoms with Gasteiger partial charge >= 0.3 is 0 Å². The van der Waals surface area contributed by atoms with Gasteiger partial charge in [-0.1, -0.05) is 81.4 Å². The van der Waals surface area contributed by atoms with Crippen molar-refractivity contribution in [2.75, 3.05) is 12.5 Å². The lowest BCUT2D eigenvalue weighted by molar-refractivity contribution is 0.103. The molecule has 0 saturated carbocycles. The van der Waals surface area contributed by atoms with Crippen molar-refractivity contribution in [3.63, 3.8) is 0 Å². The first-order chi connectivity index (χ1) is 12.8. The van der Waals surface area contributed by atoms with E-state index < -0.39 is 0 Å². The van der Waals surface area contributed by atoms with Crippen molar-refractivity contribution in [1.82, 2.24) is 0 Å². The number of hydrogen-bond acceptors (Lipinski definition) is 1. The van der Waals surface area contributed by atoms with Crippen LogP contribution in [-0.4, -0.2) is 18.3 Å². The van der Waals surface area contributed by atoms with Crippen molar-refractivity contribution in [2.45, 2.75) is 31.1 Å². The molecular weight excluding hydrogens is 348 g/mol. The monoisotopic (exact) mass is 375 g/mol. The van der Waals surface area contributed by atoms with Gasteiger partial charge in [-0.05, 0) is 28.7 Å². The smallest absolute Gasteiger partial charge is 0.193 e. The largest absolute Gasteiger partial charge is 0.289 e. The van der Waals surface area contributed by atoms with Gasteiger partial charge in [0.15, 0.2) is 10.7 Å². The zero-order valence-electron chi connectivity index (χ0n) is 16.7. The van der Waals surface area contributed by atoms with E-state index in [0.717, 1.165) is 16.7 Å². The average Bonchev–Trinajstić information content (AvgIpc) is 2.67. The molecule has 0 aliphatic rings. The van der Waals surface area contributed by atoms with E-state index in [0.29, 0.717) is 0 Å². The quantitative estimate of drug-likeness (QED) is 0.397. The first-order valence-electron chi connectivity index (χ1n) is 9.19. The fourth-order valence-corrected chi connectivity index (χ4v) is 4.13. The molecule has 3 aromatic rings. The van der Waals surface area contributed by atoms with Crippen molar-refractivity contribution in [2.24, 2.45) is 0 Å². The van der Waals surface area contributed by atoms with Gasteiger partial charge in [0.05, 0.1) is 0 Å². The molecule has 0 aromatic heterocycles. The Morgan fingerprint density at radius 2 is 1.26 bits per heavy atom. The summed E-state index contributed by atoms with van der Waals surface area (Å²) in [5, 5.41) is 0. The molecule has 0 spiro atoms. The second-order valence-electron chi connectivity index (χ2n) is 8.05. The van der Waals surface area contributed by atoms with E-state index in [-0.39, 0.29) is 22.1 Å². The Morgan fingerprint density at radius 3 is 1.78 bits per heavy atom. The lowest BCUT2D eigenvalue weighted by Crippen LogP contribution is -2.11. The molecule has 2 heteroatoms. The van der Waals surface area contributed by atoms with Crippen LogP contribution in [-0.2, 0) is 16.3 Å². The molecule has 27 heavy (non-hydrogen) atoms. The number of hydrogen-bond donors (Lipinski definition) is 0. The highest BCUT2D eigenvalue weighted by Gasteiger charge is 2.17. The minimum absolute atomic E-state index is 0.0704. The van der Waals surface area contributed by atoms with Crippen molar-refractivity contribution < 1.29 is 4.79 Å². The Kier molecular flexibility index (Phi) is 5.57. The van der Waals surface area contributed by atoms with Crippen molar-refractivity contribution in [3.8, 4) is 11.1 Å². The third-order valence-electron chi connectivity index (χ3n) is 4.80. The minimum atomic E-state index is 0.0704. The lowest BCUT2D eigenvalue weighted by Gasteiger charge is -2.19. The van der Waals surface area contributed by atoms with Crippen LogP contribution in [0.5, 0.6) is 0 Å². The maximum Gasteiger partial charge on any atom is 0.193 e. The second kappa shape index (κ2) is 7.74. The molecule has 0 aliphatic carbocycles. The third-order valence-corrected chi connectivity index (χ3v) is 6.03. The molecule has 1 nitrogen and oxygen atoms in total. The number of carbonyl (C=O) groups excluding carboxylic acids is 1. The fraction of sp³-hybridized carbons (Fsp3) is 0.240. The molecule has 0 aliphatic heterocycles. The van der Waals surface area contributed by atoms with Crippen LogP contribution in [0.25, 0.3) is 11.1 Å². The van der Waals surface area contributed by atoms with Crippen molar-refractivity contribution >= 4 is 16.7 Å². The van der Waals surface area contributed by atoms with Gasteiger partial charge in [-0.3, -0.25) is 4.79 Å². The summed E-state index contributed by atoms with van der Waals surface area (Å²) in [6.45, 7) is 6.54. The van der Waals surface area contributed by atoms with Crippen LogP contribution in [0.1, 0.15) is 42.3 Å². The van der Waals surface area contributed by atoms with Crippen LogP contribution < -0.4 is 0 Å². The fourth-order valence-electron chi connectivity index (χ4n) is 3.15. The van der Waals surface area contributed by atoms with Gasteiger partial charge in [0.1, 0.15) is 12.5 Å². The van der Waals surface area contributed by atoms with Crippen LogP contribution in [0.15, 0.2) is 77.7 Å². The molecular formula is C25H27OS+. The summed E-state index contributed by atoms with van der Waals surface area (Å²) in [5.74, 6) is 0.0704. The SMILES string of the molecule is C[S+](C)c1ccccc1-c1ccc(C(=O)c2ccc(C(C)(C)C)cc2)cc1. The number of benzene rings is 3. The predicted molar refractivity (Wildman–Crippen MR) is 118 cm³/mol. The molecule has 0 radical (unpaired) electrons. The molecule has 0 fully saturated rings. The van der Waals surface area contributed by atoms with Gasteiger partial charge in [-0.25, -0.2) is 0 Å². The van der Waals surface area contributed by atoms with E-state index >= 15 is 0 Å². The summed E-state index contributed by atoms with van der Waals surface area (Å²) >= 11 is 0. The van der Waals surface area contributed by atoms with Crippen LogP contribution in [0.3, 0.4) is 0 Å². The van der Waals surface area contributed by atoms with Crippen molar-refractivity contribution in [1.29, 1.82) is 0 Å². The zero-order chi connectivity index (χ0) is 19.6. The highest BCUT2D eigenvalue weighted by Crippen LogP contribution is 2.28. The van der Waals surface area contributed by atoms with Gasteiger partial charge in [0.25, 0.3) is 0 Å². The summed E-state index contributed by atoms with van der Waals surface area (Å²) in [6, 6.07) is 24.5. The highest BCUT2D eigenvalue weighted by atomic mass is 32.2. The Morgan fingerprint density at radius 1 is 0.741 bits per heavy atom. The summed E-state index contributed by atoms with van der Waals surface area (Å²) in [4.78, 5) is 14.2. The predicted octanol–water partition coefficient (Wildman–Crippen LogP) is 6.12. The van der Waals surface area contributed by atoms with Crippen LogP contribution in [0, 0.1) is 0 Å². The summed E-state index contributed by atoms with van der Waals surface area (Å²) < 4.78 is 0. The molecule has 0 saturated heterocycles. The van der Waals surface area contributed by atoms with Gasteiger partial charge in [-0.15, -0.1) is 0 Å². The Balaban J connectivity index is 1.87. The lowest BCUT2D eigenvalue weighted by atomic mass is 9.86.